The first kappa shape index (κ1) is 117. The Morgan fingerprint density at radius 3 is 1.20 bits per heavy atom. The minimum atomic E-state index is -0.765. The number of rotatable bonds is 17. The molecule has 16 unspecified atom stereocenters. The van der Waals surface area contributed by atoms with Crippen LogP contribution < -0.4 is 0 Å². The molecule has 0 aliphatic carbocycles. The van der Waals surface area contributed by atoms with Crippen molar-refractivity contribution in [2.45, 2.75) is 412 Å². The van der Waals surface area contributed by atoms with Gasteiger partial charge in [-0.15, -0.1) is 0 Å². The van der Waals surface area contributed by atoms with Crippen LogP contribution in [0.2, 0.25) is 0 Å². The summed E-state index contributed by atoms with van der Waals surface area (Å²) in [6.07, 6.45) is -4.00. The van der Waals surface area contributed by atoms with Crippen molar-refractivity contribution < 1.29 is 130 Å². The van der Waals surface area contributed by atoms with Gasteiger partial charge in [0.25, 0.3) is 0 Å². The highest BCUT2D eigenvalue weighted by Crippen LogP contribution is 2.48. The van der Waals surface area contributed by atoms with Crippen LogP contribution in [0.1, 0.15) is 227 Å². The smallest absolute Gasteiger partial charge is 0.190 e. The summed E-state index contributed by atoms with van der Waals surface area (Å²) in [5.41, 5.74) is 5.33. The molecule has 5 aromatic rings. The van der Waals surface area contributed by atoms with Gasteiger partial charge in [-0.05, 0) is 173 Å². The van der Waals surface area contributed by atoms with Crippen molar-refractivity contribution in [3.05, 3.63) is 179 Å². The van der Waals surface area contributed by atoms with Crippen LogP contribution in [0.15, 0.2) is 152 Å². The minimum absolute atomic E-state index is 0.0177. The predicted molar refractivity (Wildman–Crippen MR) is 552 cm³/mol. The maximum Gasteiger partial charge on any atom is 0.190 e. The summed E-state index contributed by atoms with van der Waals surface area (Å²) in [5, 5.41) is 50.6. The van der Waals surface area contributed by atoms with E-state index in [4.69, 9.17) is 117 Å². The van der Waals surface area contributed by atoms with E-state index < -0.39 is 66.6 Å². The van der Waals surface area contributed by atoms with Crippen LogP contribution in [0.4, 0.5) is 0 Å². The van der Waals surface area contributed by atoms with Gasteiger partial charge in [0.15, 0.2) is 36.2 Å². The molecule has 0 radical (unpaired) electrons. The van der Waals surface area contributed by atoms with Crippen LogP contribution >= 0.6 is 25.3 Å². The van der Waals surface area contributed by atoms with E-state index in [0.29, 0.717) is 125 Å². The highest BCUT2D eigenvalue weighted by molar-refractivity contribution is 7.81. The van der Waals surface area contributed by atoms with E-state index in [-0.39, 0.29) is 145 Å². The van der Waals surface area contributed by atoms with Crippen LogP contribution in [0.25, 0.3) is 0 Å². The fourth-order valence-corrected chi connectivity index (χ4v) is 22.4. The minimum Gasteiger partial charge on any atom is -0.394 e. The van der Waals surface area contributed by atoms with Crippen molar-refractivity contribution in [3.63, 3.8) is 0 Å². The molecule has 14 heterocycles. The molecule has 14 aliphatic rings. The second-order valence-corrected chi connectivity index (χ2v) is 45.5. The summed E-state index contributed by atoms with van der Waals surface area (Å²) in [4.78, 5) is 0. The van der Waals surface area contributed by atoms with E-state index in [1.54, 1.807) is 13.8 Å². The van der Waals surface area contributed by atoms with Crippen molar-refractivity contribution in [2.24, 2.45) is 71.0 Å². The Labute approximate surface area is 864 Å². The Kier molecular flexibility index (Phi) is 43.8. The second-order valence-electron chi connectivity index (χ2n) is 44.5. The molecule has 5 aromatic carbocycles. The average molecular weight is 2040 g/mol. The van der Waals surface area contributed by atoms with Crippen molar-refractivity contribution in [2.75, 3.05) is 52.0 Å². The first-order chi connectivity index (χ1) is 67.8. The number of fused-ring (bicyclic) bond motifs is 6. The zero-order valence-electron chi connectivity index (χ0n) is 89.8. The Balaban J connectivity index is 0.000000146. The van der Waals surface area contributed by atoms with Crippen molar-refractivity contribution in [1.29, 1.82) is 0 Å². The van der Waals surface area contributed by atoms with Gasteiger partial charge in [-0.25, -0.2) is 0 Å². The third-order valence-electron chi connectivity index (χ3n) is 32.4. The van der Waals surface area contributed by atoms with Gasteiger partial charge in [-0.3, -0.25) is 0 Å². The van der Waals surface area contributed by atoms with E-state index in [0.717, 1.165) is 34.8 Å². The third-order valence-corrected chi connectivity index (χ3v) is 33.6. The molecular weight excluding hydrogens is 1870 g/mol. The lowest BCUT2D eigenvalue weighted by Crippen LogP contribution is -2.57. The molecule has 27 nitrogen and oxygen atoms in total. The Morgan fingerprint density at radius 2 is 0.706 bits per heavy atom. The second kappa shape index (κ2) is 53.3. The average Bonchev–Trinajstić information content (AvgIpc) is 1.58. The fraction of sp³-hybridized carbons (Fsp3) is 0.737. The van der Waals surface area contributed by atoms with Gasteiger partial charge in [0.05, 0.1) is 157 Å². The summed E-state index contributed by atoms with van der Waals surface area (Å²) in [5.74, 6) is 4.64. The number of thiol groups is 2. The topological polar surface area (TPSA) is 304 Å². The largest absolute Gasteiger partial charge is 0.394 e. The number of ether oxygens (including phenoxy) is 22. The number of hydrogen-bond donors (Lipinski definition) is 7. The number of benzene rings is 5. The maximum atomic E-state index is 10.3. The molecule has 0 amide bonds. The van der Waals surface area contributed by atoms with Gasteiger partial charge in [-0.2, -0.15) is 25.3 Å². The lowest BCUT2D eigenvalue weighted by atomic mass is 9.77. The van der Waals surface area contributed by atoms with E-state index in [9.17, 15) is 25.5 Å². The van der Waals surface area contributed by atoms with E-state index in [1.165, 1.54) is 11.1 Å². The van der Waals surface area contributed by atoms with Crippen molar-refractivity contribution in [3.8, 4) is 0 Å². The molecule has 0 saturated carbocycles. The quantitative estimate of drug-likeness (QED) is 0.0426. The van der Waals surface area contributed by atoms with Gasteiger partial charge in [0.2, 0.25) is 0 Å². The van der Waals surface area contributed by atoms with Gasteiger partial charge < -0.3 is 130 Å². The molecule has 0 aromatic heterocycles. The fourth-order valence-electron chi connectivity index (χ4n) is 21.5. The molecule has 19 rings (SSSR count). The van der Waals surface area contributed by atoms with Crippen LogP contribution in [0.3, 0.4) is 0 Å². The number of hydrogen-bond acceptors (Lipinski definition) is 29. The third kappa shape index (κ3) is 31.3. The molecule has 14 fully saturated rings. The molecule has 29 heteroatoms. The highest BCUT2D eigenvalue weighted by Gasteiger charge is 2.61. The molecule has 143 heavy (non-hydrogen) atoms. The van der Waals surface area contributed by atoms with Gasteiger partial charge in [-0.1, -0.05) is 235 Å². The monoisotopic (exact) mass is 2040 g/mol. The van der Waals surface area contributed by atoms with E-state index in [2.05, 4.69) is 148 Å². The Morgan fingerprint density at radius 1 is 0.301 bits per heavy atom. The van der Waals surface area contributed by atoms with Crippen molar-refractivity contribution in [1.82, 2.24) is 0 Å². The summed E-state index contributed by atoms with van der Waals surface area (Å²) < 4.78 is 128. The van der Waals surface area contributed by atoms with Crippen LogP contribution in [-0.2, 0) is 124 Å². The predicted octanol–water partition coefficient (Wildman–Crippen LogP) is 17.7. The van der Waals surface area contributed by atoms with Gasteiger partial charge >= 0.3 is 0 Å². The summed E-state index contributed by atoms with van der Waals surface area (Å²) in [6.45, 7) is 59.0. The molecule has 0 spiro atoms. The van der Waals surface area contributed by atoms with Crippen molar-refractivity contribution >= 4 is 25.3 Å². The molecular formula is C114H176O27S2. The van der Waals surface area contributed by atoms with Crippen LogP contribution in [0.5, 0.6) is 0 Å². The summed E-state index contributed by atoms with van der Waals surface area (Å²) >= 11 is 9.02. The molecule has 806 valence electrons. The van der Waals surface area contributed by atoms with Crippen LogP contribution in [0, 0.1) is 71.0 Å². The zero-order chi connectivity index (χ0) is 104. The summed E-state index contributed by atoms with van der Waals surface area (Å²) in [6, 6.07) is 50.2. The molecule has 5 N–H and O–H groups in total. The lowest BCUT2D eigenvalue weighted by Gasteiger charge is -2.46. The SMILES string of the molecule is CC1(C)C[C@H]2OC(CO)[C@@H]3OC(C)(C)O[C@@H]3C2O1.CC1(C)O[C@H]2O[C@H]([C@H]3COC(C)(C)O3)[C@H](O)[C@H]2O1.CC1[C@@H](C)[C@H](C)C(COCc2ccccc2)O[C@@H]1C.CC1[C@@H](C)[C@H](C)C(CS)O[C@@H]1C.CC1[C@@H](C)[C@H](O)C(COCc2ccccc2)O[C@@H]1C.CC1[C@@H](C)[C@H](S)C(COCc2ccccc2)O[C@@H]1C.CC1[C@@H](O)[C@@H]2OC(c3ccccc3)OCC2O[C@@H]1C.C[C@@H]1C(O)[C@@H](C)OC2COC(c3ccccc3)O[C@H]21. The number of aliphatic hydroxyl groups is 5. The lowest BCUT2D eigenvalue weighted by molar-refractivity contribution is -0.318. The zero-order valence-corrected chi connectivity index (χ0v) is 91.6. The van der Waals surface area contributed by atoms with Crippen LogP contribution in [-0.4, -0.2) is 271 Å². The first-order valence-corrected chi connectivity index (χ1v) is 54.0. The van der Waals surface area contributed by atoms with E-state index in [1.807, 2.05) is 183 Å². The number of aliphatic hydroxyl groups excluding tert-OH is 5. The van der Waals surface area contributed by atoms with Gasteiger partial charge in [0, 0.05) is 40.4 Å². The Hall–Kier alpha value is -4.28. The molecule has 42 atom stereocenters. The standard InChI is InChI=1S/C17H26O2.C16H24O3.C16H24O2S.2C15H20O4.C13H22O5.C12H20O6.C10H20OS/c1-12-13(2)15(4)19-17(14(12)3)11-18-10-16-8-6-5-7-9-16;1-11-12(2)16(17)15(19-13(11)3)10-18-9-14-7-5-4-6-8-14;1-11-12(2)16(19)15(18-13(11)3)10-17-9-14-7-5-4-6-8-14;1-9-13(16)10(2)18-12-8-17-15(19-14(9)12)11-6-4-3-5-7-11;1-9-10(2)18-12-8-17-15(19-14(12)13(9)16)11-6-4-3-5-7-11;1-12(2)5-7-9(16-12)11-10(8(6-14)15-7)17-13(3,4)18-11;1-11(2)14-5-6(16-11)8-7(13)9-10(15-8)18-12(3,4)17-9;1-6-7(2)9(4)11-10(5-12)8(6)3/h5-9,12-15,17H,10-11H2,1-4H3;4-8,11-13,15-17H,9-10H2,1-3H3;4-8,11-13,15-16,19H,9-10H2,1-3H3;2*3-7,9-10,12-16H,8H2,1-2H3;7-11,14H,5-6H2,1-4H3;6-10,13H,5H2,1-4H3;6-10,12H,5H2,1-4H3/t12-,13?,14+,15-,17?;2*11?,12-,13-,15?,16+;9-,10-,12?,13?,14+,15?;9?,10-,12?,13-,14-,15?;7-,8?,9?,10+,11-;6-,7+,8-,9-,10-;6-,7?,8+,9-,10?/m11111111/s1. The Bertz CT molecular complexity index is 4180. The van der Waals surface area contributed by atoms with Gasteiger partial charge in [0.1, 0.15) is 73.2 Å². The molecule has 0 bridgehead atoms. The normalized spacial score (nSPS) is 41.9. The molecule has 14 saturated heterocycles. The molecule has 14 aliphatic heterocycles. The highest BCUT2D eigenvalue weighted by atomic mass is 32.1. The summed E-state index contributed by atoms with van der Waals surface area (Å²) in [7, 11) is 0. The maximum absolute atomic E-state index is 10.3. The van der Waals surface area contributed by atoms with E-state index >= 15 is 0 Å². The first-order valence-electron chi connectivity index (χ1n) is 52.8.